The van der Waals surface area contributed by atoms with Crippen molar-refractivity contribution in [3.8, 4) is 0 Å². The lowest BCUT2D eigenvalue weighted by atomic mass is 10.0. The molecule has 1 nitrogen and oxygen atoms in total. The lowest BCUT2D eigenvalue weighted by Gasteiger charge is -2.17. The quantitative estimate of drug-likeness (QED) is 0.782. The van der Waals surface area contributed by atoms with E-state index in [0.29, 0.717) is 6.04 Å². The molecule has 19 heavy (non-hydrogen) atoms. The molecule has 0 bridgehead atoms. The molecule has 2 aromatic carbocycles. The van der Waals surface area contributed by atoms with Gasteiger partial charge in [-0.25, -0.2) is 0 Å². The summed E-state index contributed by atoms with van der Waals surface area (Å²) >= 11 is 3.57. The molecule has 1 atom stereocenters. The van der Waals surface area contributed by atoms with E-state index >= 15 is 0 Å². The smallest absolute Gasteiger partial charge is 0.0485 e. The van der Waals surface area contributed by atoms with Crippen LogP contribution in [0.5, 0.6) is 0 Å². The van der Waals surface area contributed by atoms with Gasteiger partial charge >= 0.3 is 0 Å². The number of halogens is 1. The van der Waals surface area contributed by atoms with E-state index in [1.807, 2.05) is 0 Å². The van der Waals surface area contributed by atoms with E-state index < -0.39 is 0 Å². The molecule has 0 spiro atoms. The Bertz CT molecular complexity index is 590. The number of nitrogens with one attached hydrogen (secondary N) is 1. The highest BCUT2D eigenvalue weighted by atomic mass is 79.9. The number of anilines is 1. The van der Waals surface area contributed by atoms with Crippen LogP contribution in [0.2, 0.25) is 0 Å². The van der Waals surface area contributed by atoms with Gasteiger partial charge in [0.1, 0.15) is 0 Å². The third kappa shape index (κ3) is 3.38. The molecule has 2 aromatic rings. The van der Waals surface area contributed by atoms with Crippen LogP contribution in [0, 0.1) is 20.8 Å². The minimum atomic E-state index is 0.300. The molecule has 0 saturated carbocycles. The van der Waals surface area contributed by atoms with Crippen molar-refractivity contribution in [2.75, 3.05) is 5.32 Å². The lowest BCUT2D eigenvalue weighted by molar-refractivity contribution is 0.881. The van der Waals surface area contributed by atoms with Crippen LogP contribution in [0.3, 0.4) is 0 Å². The van der Waals surface area contributed by atoms with Gasteiger partial charge in [0.05, 0.1) is 0 Å². The fourth-order valence-corrected chi connectivity index (χ4v) is 2.43. The van der Waals surface area contributed by atoms with Crippen molar-refractivity contribution in [2.45, 2.75) is 33.7 Å². The SMILES string of the molecule is Cc1ccc(C(C)Nc2ccc(C)c(Br)c2)cc1C. The second kappa shape index (κ2) is 5.79. The summed E-state index contributed by atoms with van der Waals surface area (Å²) in [7, 11) is 0. The van der Waals surface area contributed by atoms with Gasteiger partial charge in [-0.3, -0.25) is 0 Å². The van der Waals surface area contributed by atoms with Gasteiger partial charge in [-0.2, -0.15) is 0 Å². The van der Waals surface area contributed by atoms with Crippen molar-refractivity contribution in [1.29, 1.82) is 0 Å². The highest BCUT2D eigenvalue weighted by molar-refractivity contribution is 9.10. The first-order valence-electron chi connectivity index (χ1n) is 6.57. The van der Waals surface area contributed by atoms with Gasteiger partial charge in [-0.1, -0.05) is 40.2 Å². The van der Waals surface area contributed by atoms with Crippen LogP contribution >= 0.6 is 15.9 Å². The van der Waals surface area contributed by atoms with E-state index in [1.165, 1.54) is 22.3 Å². The van der Waals surface area contributed by atoms with E-state index in [2.05, 4.69) is 85.3 Å². The molecule has 0 saturated heterocycles. The molecule has 0 heterocycles. The van der Waals surface area contributed by atoms with E-state index in [9.17, 15) is 0 Å². The van der Waals surface area contributed by atoms with E-state index in [-0.39, 0.29) is 0 Å². The number of aryl methyl sites for hydroxylation is 3. The predicted molar refractivity (Wildman–Crippen MR) is 86.8 cm³/mol. The van der Waals surface area contributed by atoms with Crippen LogP contribution in [-0.4, -0.2) is 0 Å². The predicted octanol–water partition coefficient (Wildman–Crippen LogP) is 5.55. The van der Waals surface area contributed by atoms with Gasteiger partial charge in [-0.05, 0) is 62.1 Å². The Balaban J connectivity index is 2.17. The van der Waals surface area contributed by atoms with Crippen LogP contribution in [0.1, 0.15) is 35.2 Å². The molecule has 1 unspecified atom stereocenters. The van der Waals surface area contributed by atoms with Gasteiger partial charge in [0, 0.05) is 16.2 Å². The molecule has 0 radical (unpaired) electrons. The van der Waals surface area contributed by atoms with Crippen molar-refractivity contribution in [3.63, 3.8) is 0 Å². The first-order valence-corrected chi connectivity index (χ1v) is 7.36. The Labute approximate surface area is 124 Å². The maximum Gasteiger partial charge on any atom is 0.0485 e. The average molecular weight is 318 g/mol. The molecule has 2 heteroatoms. The molecular weight excluding hydrogens is 298 g/mol. The number of hydrogen-bond donors (Lipinski definition) is 1. The molecule has 0 aromatic heterocycles. The van der Waals surface area contributed by atoms with Crippen LogP contribution in [0.25, 0.3) is 0 Å². The largest absolute Gasteiger partial charge is 0.378 e. The molecular formula is C17H20BrN. The normalized spacial score (nSPS) is 12.3. The highest BCUT2D eigenvalue weighted by Crippen LogP contribution is 2.25. The molecule has 100 valence electrons. The van der Waals surface area contributed by atoms with Gasteiger partial charge < -0.3 is 5.32 Å². The van der Waals surface area contributed by atoms with Crippen molar-refractivity contribution in [1.82, 2.24) is 0 Å². The molecule has 2 rings (SSSR count). The summed E-state index contributed by atoms with van der Waals surface area (Å²) in [5, 5.41) is 3.54. The second-order valence-electron chi connectivity index (χ2n) is 5.17. The van der Waals surface area contributed by atoms with Crippen LogP contribution in [0.15, 0.2) is 40.9 Å². The molecule has 1 N–H and O–H groups in total. The Hall–Kier alpha value is -1.28. The molecule has 0 aliphatic heterocycles. The summed E-state index contributed by atoms with van der Waals surface area (Å²) in [4.78, 5) is 0. The molecule has 0 aliphatic rings. The van der Waals surface area contributed by atoms with Gasteiger partial charge in [0.2, 0.25) is 0 Å². The summed E-state index contributed by atoms with van der Waals surface area (Å²) in [5.41, 5.74) is 6.40. The van der Waals surface area contributed by atoms with Crippen molar-refractivity contribution in [2.24, 2.45) is 0 Å². The van der Waals surface area contributed by atoms with Crippen LogP contribution < -0.4 is 5.32 Å². The zero-order valence-corrected chi connectivity index (χ0v) is 13.5. The standard InChI is InChI=1S/C17H20BrN/c1-11-5-7-15(9-13(11)3)14(4)19-16-8-6-12(2)17(18)10-16/h5-10,14,19H,1-4H3. The molecule has 0 amide bonds. The summed E-state index contributed by atoms with van der Waals surface area (Å²) in [5.74, 6) is 0. The number of rotatable bonds is 3. The monoisotopic (exact) mass is 317 g/mol. The minimum Gasteiger partial charge on any atom is -0.378 e. The average Bonchev–Trinajstić information content (AvgIpc) is 2.37. The summed E-state index contributed by atoms with van der Waals surface area (Å²) in [6, 6.07) is 13.3. The highest BCUT2D eigenvalue weighted by Gasteiger charge is 2.07. The van der Waals surface area contributed by atoms with Gasteiger partial charge in [0.25, 0.3) is 0 Å². The molecule has 0 fully saturated rings. The molecule has 0 aliphatic carbocycles. The fraction of sp³-hybridized carbons (Fsp3) is 0.294. The maximum atomic E-state index is 3.57. The third-order valence-corrected chi connectivity index (χ3v) is 4.44. The zero-order chi connectivity index (χ0) is 14.0. The lowest BCUT2D eigenvalue weighted by Crippen LogP contribution is -2.07. The Morgan fingerprint density at radius 3 is 2.21 bits per heavy atom. The Kier molecular flexibility index (Phi) is 4.31. The van der Waals surface area contributed by atoms with Crippen LogP contribution in [-0.2, 0) is 0 Å². The fourth-order valence-electron chi connectivity index (χ4n) is 2.05. The van der Waals surface area contributed by atoms with E-state index in [0.717, 1.165) is 10.2 Å². The first-order chi connectivity index (χ1) is 8.97. The maximum absolute atomic E-state index is 3.57. The van der Waals surface area contributed by atoms with Gasteiger partial charge in [0.15, 0.2) is 0 Å². The van der Waals surface area contributed by atoms with E-state index in [1.54, 1.807) is 0 Å². The second-order valence-corrected chi connectivity index (χ2v) is 6.03. The summed E-state index contributed by atoms with van der Waals surface area (Å²) in [6.07, 6.45) is 0. The topological polar surface area (TPSA) is 12.0 Å². The number of hydrogen-bond acceptors (Lipinski definition) is 1. The van der Waals surface area contributed by atoms with Crippen LogP contribution in [0.4, 0.5) is 5.69 Å². The first kappa shape index (κ1) is 14.1. The minimum absolute atomic E-state index is 0.300. The Morgan fingerprint density at radius 1 is 0.895 bits per heavy atom. The Morgan fingerprint density at radius 2 is 1.58 bits per heavy atom. The number of benzene rings is 2. The van der Waals surface area contributed by atoms with Crippen molar-refractivity contribution < 1.29 is 0 Å². The van der Waals surface area contributed by atoms with E-state index in [4.69, 9.17) is 0 Å². The zero-order valence-electron chi connectivity index (χ0n) is 11.9. The van der Waals surface area contributed by atoms with Gasteiger partial charge in [-0.15, -0.1) is 0 Å². The van der Waals surface area contributed by atoms with Crippen molar-refractivity contribution in [3.05, 3.63) is 63.1 Å². The third-order valence-electron chi connectivity index (χ3n) is 3.59. The summed E-state index contributed by atoms with van der Waals surface area (Å²) in [6.45, 7) is 8.60. The van der Waals surface area contributed by atoms with Crippen molar-refractivity contribution >= 4 is 21.6 Å². The summed E-state index contributed by atoms with van der Waals surface area (Å²) < 4.78 is 1.14.